The minimum atomic E-state index is 0.591. The minimum Gasteiger partial charge on any atom is -0.285 e. The first kappa shape index (κ1) is 9.98. The first-order chi connectivity index (χ1) is 7.31. The summed E-state index contributed by atoms with van der Waals surface area (Å²) in [5, 5.41) is 4.08. The van der Waals surface area contributed by atoms with Crippen molar-refractivity contribution in [3.8, 4) is 0 Å². The zero-order valence-electron chi connectivity index (χ0n) is 9.04. The van der Waals surface area contributed by atoms with Gasteiger partial charge >= 0.3 is 0 Å². The zero-order chi connectivity index (χ0) is 10.7. The summed E-state index contributed by atoms with van der Waals surface area (Å²) >= 11 is 0. The molecule has 1 heterocycles. The highest BCUT2D eigenvalue weighted by Crippen LogP contribution is 2.19. The average Bonchev–Trinajstić information content (AvgIpc) is 2.82. The molecule has 1 aromatic rings. The van der Waals surface area contributed by atoms with Crippen molar-refractivity contribution in [2.45, 2.75) is 26.2 Å². The lowest BCUT2D eigenvalue weighted by Gasteiger charge is -2.10. The van der Waals surface area contributed by atoms with Crippen molar-refractivity contribution >= 4 is 5.84 Å². The summed E-state index contributed by atoms with van der Waals surface area (Å²) in [5.41, 5.74) is 10.8. The van der Waals surface area contributed by atoms with Gasteiger partial charge in [0.15, 0.2) is 5.84 Å². The second-order valence-corrected chi connectivity index (χ2v) is 3.76. The van der Waals surface area contributed by atoms with Crippen LogP contribution in [0.4, 0.5) is 0 Å². The van der Waals surface area contributed by atoms with Gasteiger partial charge in [0, 0.05) is 5.56 Å². The van der Waals surface area contributed by atoms with Gasteiger partial charge in [0.05, 0.1) is 0 Å². The third kappa shape index (κ3) is 2.10. The minimum absolute atomic E-state index is 0.591. The highest BCUT2D eigenvalue weighted by molar-refractivity contribution is 5.99. The van der Waals surface area contributed by atoms with E-state index in [2.05, 4.69) is 53.6 Å². The van der Waals surface area contributed by atoms with E-state index in [1.54, 1.807) is 0 Å². The third-order valence-corrected chi connectivity index (χ3v) is 2.75. The van der Waals surface area contributed by atoms with Crippen molar-refractivity contribution < 1.29 is 0 Å². The second kappa shape index (κ2) is 4.31. The van der Waals surface area contributed by atoms with Gasteiger partial charge < -0.3 is 0 Å². The molecule has 0 amide bonds. The quantitative estimate of drug-likeness (QED) is 0.699. The maximum atomic E-state index is 4.08. The molecule has 0 saturated heterocycles. The molecule has 1 aliphatic rings. The Morgan fingerprint density at radius 1 is 1.40 bits per heavy atom. The van der Waals surface area contributed by atoms with Gasteiger partial charge in [0.25, 0.3) is 0 Å². The zero-order valence-corrected chi connectivity index (χ0v) is 9.04. The van der Waals surface area contributed by atoms with Crippen LogP contribution in [-0.4, -0.2) is 5.84 Å². The molecular weight excluding hydrogens is 188 g/mol. The van der Waals surface area contributed by atoms with E-state index < -0.39 is 0 Å². The van der Waals surface area contributed by atoms with E-state index in [9.17, 15) is 0 Å². The van der Waals surface area contributed by atoms with Crippen LogP contribution in [0.2, 0.25) is 0 Å². The Hall–Kier alpha value is -1.55. The van der Waals surface area contributed by atoms with Crippen molar-refractivity contribution in [2.24, 2.45) is 5.10 Å². The predicted molar refractivity (Wildman–Crippen MR) is 61.1 cm³/mol. The Morgan fingerprint density at radius 3 is 2.93 bits per heavy atom. The molecule has 0 aromatic heterocycles. The van der Waals surface area contributed by atoms with Crippen molar-refractivity contribution in [1.29, 1.82) is 0 Å². The van der Waals surface area contributed by atoms with E-state index >= 15 is 0 Å². The lowest BCUT2D eigenvalue weighted by atomic mass is 9.97. The number of hydrazine groups is 2. The summed E-state index contributed by atoms with van der Waals surface area (Å²) in [4.78, 5) is 0. The van der Waals surface area contributed by atoms with Crippen molar-refractivity contribution in [3.05, 3.63) is 35.4 Å². The average molecular weight is 204 g/mol. The van der Waals surface area contributed by atoms with Gasteiger partial charge in [-0.05, 0) is 24.0 Å². The Kier molecular flexibility index (Phi) is 2.87. The normalized spacial score (nSPS) is 16.5. The number of nitrogens with zero attached hydrogens (tertiary/aromatic N) is 1. The standard InChI is InChI=1S/C11H16N4/c1-3-8(2)9-5-4-6-10(7-9)11-12-14-15-13-11/h4-8,14-15H,3H2,1-2H3,(H,12,13). The molecule has 1 atom stereocenters. The van der Waals surface area contributed by atoms with E-state index in [0.29, 0.717) is 5.92 Å². The van der Waals surface area contributed by atoms with Crippen LogP contribution < -0.4 is 16.5 Å². The van der Waals surface area contributed by atoms with Gasteiger partial charge in [-0.3, -0.25) is 5.43 Å². The Bertz CT molecular complexity index is 373. The number of amidine groups is 1. The predicted octanol–water partition coefficient (Wildman–Crippen LogP) is 1.47. The summed E-state index contributed by atoms with van der Waals surface area (Å²) in [6.07, 6.45) is 1.15. The number of rotatable bonds is 3. The topological polar surface area (TPSA) is 48.5 Å². The highest BCUT2D eigenvalue weighted by Gasteiger charge is 2.09. The smallest absolute Gasteiger partial charge is 0.170 e. The van der Waals surface area contributed by atoms with Crippen LogP contribution in [0.5, 0.6) is 0 Å². The molecule has 4 nitrogen and oxygen atoms in total. The van der Waals surface area contributed by atoms with E-state index in [1.165, 1.54) is 5.56 Å². The van der Waals surface area contributed by atoms with E-state index in [-0.39, 0.29) is 0 Å². The maximum Gasteiger partial charge on any atom is 0.170 e. The molecule has 4 heteroatoms. The number of hydrazone groups is 1. The number of hydrogen-bond donors (Lipinski definition) is 3. The molecule has 1 aromatic carbocycles. The van der Waals surface area contributed by atoms with Crippen LogP contribution in [0, 0.1) is 0 Å². The van der Waals surface area contributed by atoms with Gasteiger partial charge in [-0.15, -0.1) is 10.6 Å². The summed E-state index contributed by atoms with van der Waals surface area (Å²) < 4.78 is 0. The molecule has 0 spiro atoms. The van der Waals surface area contributed by atoms with Gasteiger partial charge in [-0.25, -0.2) is 5.53 Å². The van der Waals surface area contributed by atoms with Crippen LogP contribution in [0.25, 0.3) is 0 Å². The number of nitrogens with one attached hydrogen (secondary N) is 3. The Morgan fingerprint density at radius 2 is 2.27 bits per heavy atom. The molecule has 1 aliphatic heterocycles. The Balaban J connectivity index is 2.26. The lowest BCUT2D eigenvalue weighted by Crippen LogP contribution is -2.35. The fourth-order valence-electron chi connectivity index (χ4n) is 1.56. The van der Waals surface area contributed by atoms with Crippen LogP contribution in [-0.2, 0) is 0 Å². The Labute approximate surface area is 89.7 Å². The third-order valence-electron chi connectivity index (χ3n) is 2.75. The number of benzene rings is 1. The molecule has 0 fully saturated rings. The fourth-order valence-corrected chi connectivity index (χ4v) is 1.56. The molecule has 3 N–H and O–H groups in total. The summed E-state index contributed by atoms with van der Waals surface area (Å²) in [5.74, 6) is 1.42. The van der Waals surface area contributed by atoms with Gasteiger partial charge in [-0.2, -0.15) is 0 Å². The summed E-state index contributed by atoms with van der Waals surface area (Å²) in [6.45, 7) is 4.44. The molecule has 1 unspecified atom stereocenters. The first-order valence-electron chi connectivity index (χ1n) is 5.25. The van der Waals surface area contributed by atoms with Crippen molar-refractivity contribution in [1.82, 2.24) is 16.5 Å². The maximum absolute atomic E-state index is 4.08. The van der Waals surface area contributed by atoms with E-state index in [1.807, 2.05) is 6.07 Å². The molecule has 80 valence electrons. The van der Waals surface area contributed by atoms with Gasteiger partial charge in [-0.1, -0.05) is 32.0 Å². The van der Waals surface area contributed by atoms with Crippen LogP contribution in [0.1, 0.15) is 37.3 Å². The summed E-state index contributed by atoms with van der Waals surface area (Å²) in [6, 6.07) is 8.45. The van der Waals surface area contributed by atoms with E-state index in [4.69, 9.17) is 0 Å². The molecule has 0 bridgehead atoms. The largest absolute Gasteiger partial charge is 0.285 e. The molecule has 0 aliphatic carbocycles. The second-order valence-electron chi connectivity index (χ2n) is 3.76. The molecular formula is C11H16N4. The van der Waals surface area contributed by atoms with Crippen molar-refractivity contribution in [2.75, 3.05) is 0 Å². The SMILES string of the molecule is CCC(C)c1cccc(C2=NNNN2)c1. The van der Waals surface area contributed by atoms with Gasteiger partial charge in [0.1, 0.15) is 0 Å². The molecule has 15 heavy (non-hydrogen) atoms. The van der Waals surface area contributed by atoms with Crippen molar-refractivity contribution in [3.63, 3.8) is 0 Å². The number of hydrogen-bond acceptors (Lipinski definition) is 4. The monoisotopic (exact) mass is 204 g/mol. The van der Waals surface area contributed by atoms with Crippen LogP contribution in [0.3, 0.4) is 0 Å². The molecule has 2 rings (SSSR count). The lowest BCUT2D eigenvalue weighted by molar-refractivity contribution is 0.577. The molecule has 0 radical (unpaired) electrons. The fraction of sp³-hybridized carbons (Fsp3) is 0.364. The molecule has 0 saturated carbocycles. The van der Waals surface area contributed by atoms with Crippen LogP contribution in [0.15, 0.2) is 29.4 Å². The summed E-state index contributed by atoms with van der Waals surface area (Å²) in [7, 11) is 0. The highest BCUT2D eigenvalue weighted by atomic mass is 15.8. The van der Waals surface area contributed by atoms with E-state index in [0.717, 1.165) is 17.8 Å². The first-order valence-corrected chi connectivity index (χ1v) is 5.25. The van der Waals surface area contributed by atoms with Crippen LogP contribution >= 0.6 is 0 Å². The van der Waals surface area contributed by atoms with Gasteiger partial charge in [0.2, 0.25) is 0 Å².